The summed E-state index contributed by atoms with van der Waals surface area (Å²) in [5.41, 5.74) is 3.37. The van der Waals surface area contributed by atoms with Crippen molar-refractivity contribution < 1.29 is 4.79 Å². The van der Waals surface area contributed by atoms with Crippen LogP contribution in [0.1, 0.15) is 24.3 Å². The number of aromatic amines is 1. The topological polar surface area (TPSA) is 48.1 Å². The van der Waals surface area contributed by atoms with Crippen molar-refractivity contribution in [3.8, 4) is 0 Å². The number of rotatable bonds is 4. The molecule has 1 aliphatic rings. The van der Waals surface area contributed by atoms with Crippen LogP contribution in [-0.2, 0) is 4.79 Å². The second-order valence-corrected chi connectivity index (χ2v) is 5.55. The van der Waals surface area contributed by atoms with Crippen molar-refractivity contribution in [3.63, 3.8) is 0 Å². The Labute approximate surface area is 112 Å². The van der Waals surface area contributed by atoms with Crippen LogP contribution in [0.2, 0.25) is 0 Å². The fourth-order valence-corrected chi connectivity index (χ4v) is 2.90. The van der Waals surface area contributed by atoms with Crippen molar-refractivity contribution in [2.24, 2.45) is 0 Å². The molecule has 4 heteroatoms. The van der Waals surface area contributed by atoms with Gasteiger partial charge in [-0.3, -0.25) is 4.79 Å². The van der Waals surface area contributed by atoms with E-state index >= 15 is 0 Å². The molecule has 0 unspecified atom stereocenters. The van der Waals surface area contributed by atoms with Crippen LogP contribution in [0, 0.1) is 0 Å². The van der Waals surface area contributed by atoms with Gasteiger partial charge in [-0.1, -0.05) is 0 Å². The van der Waals surface area contributed by atoms with E-state index in [1.165, 1.54) is 23.8 Å². The van der Waals surface area contributed by atoms with Gasteiger partial charge in [-0.25, -0.2) is 0 Å². The molecule has 1 aromatic carbocycles. The predicted molar refractivity (Wildman–Crippen MR) is 77.4 cm³/mol. The Hall–Kier alpha value is -1.81. The van der Waals surface area contributed by atoms with Gasteiger partial charge in [0.25, 0.3) is 0 Å². The van der Waals surface area contributed by atoms with Crippen molar-refractivity contribution in [1.82, 2.24) is 9.88 Å². The molecule has 1 aliphatic carbocycles. The minimum absolute atomic E-state index is 0.632. The first kappa shape index (κ1) is 12.2. The number of fused-ring (bicyclic) bond motifs is 1. The zero-order valence-corrected chi connectivity index (χ0v) is 11.3. The minimum Gasteiger partial charge on any atom is -0.361 e. The van der Waals surface area contributed by atoms with E-state index in [4.69, 9.17) is 0 Å². The molecule has 0 atom stereocenters. The third-order valence-electron chi connectivity index (χ3n) is 4.22. The van der Waals surface area contributed by atoms with Crippen molar-refractivity contribution in [3.05, 3.63) is 30.0 Å². The Balaban J connectivity index is 1.88. The lowest BCUT2D eigenvalue weighted by Crippen LogP contribution is -2.39. The molecule has 19 heavy (non-hydrogen) atoms. The maximum Gasteiger partial charge on any atom is 0.211 e. The number of amides is 1. The van der Waals surface area contributed by atoms with E-state index in [0.29, 0.717) is 12.0 Å². The number of nitrogens with zero attached hydrogens (tertiary/aromatic N) is 1. The van der Waals surface area contributed by atoms with E-state index in [0.717, 1.165) is 17.6 Å². The maximum absolute atomic E-state index is 10.5. The van der Waals surface area contributed by atoms with E-state index in [1.54, 1.807) is 0 Å². The quantitative estimate of drug-likeness (QED) is 0.827. The van der Waals surface area contributed by atoms with Gasteiger partial charge in [0.1, 0.15) is 0 Å². The lowest BCUT2D eigenvalue weighted by atomic mass is 9.75. The third-order valence-corrected chi connectivity index (χ3v) is 4.22. The average Bonchev–Trinajstić information content (AvgIpc) is 2.71. The standard InChI is InChI=1S/C15H19N3O/c1-18(2)12-5-10(6-12)14-8-16-15-4-3-11(17-9-19)7-13(14)15/h3-4,7-10,12,16H,5-6H2,1-2H3,(H,17,19). The number of anilines is 1. The highest BCUT2D eigenvalue weighted by atomic mass is 16.1. The van der Waals surface area contributed by atoms with Gasteiger partial charge < -0.3 is 15.2 Å². The zero-order chi connectivity index (χ0) is 13.4. The molecular weight excluding hydrogens is 238 g/mol. The van der Waals surface area contributed by atoms with Gasteiger partial charge in [-0.05, 0) is 56.6 Å². The lowest BCUT2D eigenvalue weighted by Gasteiger charge is -2.39. The molecule has 100 valence electrons. The normalized spacial score (nSPS) is 22.5. The van der Waals surface area contributed by atoms with E-state index in [2.05, 4.69) is 41.6 Å². The number of nitrogens with one attached hydrogen (secondary N) is 2. The van der Waals surface area contributed by atoms with Gasteiger partial charge in [-0.15, -0.1) is 0 Å². The molecular formula is C15H19N3O. The van der Waals surface area contributed by atoms with E-state index in [1.807, 2.05) is 12.1 Å². The monoisotopic (exact) mass is 257 g/mol. The molecule has 0 spiro atoms. The molecule has 0 bridgehead atoms. The van der Waals surface area contributed by atoms with E-state index in [9.17, 15) is 4.79 Å². The summed E-state index contributed by atoms with van der Waals surface area (Å²) in [6.07, 6.45) is 5.27. The van der Waals surface area contributed by atoms with Crippen molar-refractivity contribution in [2.45, 2.75) is 24.8 Å². The fraction of sp³-hybridized carbons (Fsp3) is 0.400. The molecule has 2 aromatic rings. The molecule has 0 aliphatic heterocycles. The van der Waals surface area contributed by atoms with Crippen LogP contribution < -0.4 is 5.32 Å². The number of hydrogen-bond acceptors (Lipinski definition) is 2. The largest absolute Gasteiger partial charge is 0.361 e. The number of carbonyl (C=O) groups is 1. The SMILES string of the molecule is CN(C)C1CC(c2c[nH]c3ccc(NC=O)cc23)C1. The van der Waals surface area contributed by atoms with Gasteiger partial charge in [0.05, 0.1) is 0 Å². The second kappa shape index (κ2) is 4.70. The summed E-state index contributed by atoms with van der Waals surface area (Å²) >= 11 is 0. The summed E-state index contributed by atoms with van der Waals surface area (Å²) in [5.74, 6) is 0.632. The van der Waals surface area contributed by atoms with Crippen LogP contribution in [0.3, 0.4) is 0 Å². The van der Waals surface area contributed by atoms with Gasteiger partial charge in [-0.2, -0.15) is 0 Å². The zero-order valence-electron chi connectivity index (χ0n) is 11.3. The van der Waals surface area contributed by atoms with Crippen LogP contribution in [0.25, 0.3) is 10.9 Å². The maximum atomic E-state index is 10.5. The summed E-state index contributed by atoms with van der Waals surface area (Å²) in [4.78, 5) is 16.1. The average molecular weight is 257 g/mol. The first-order chi connectivity index (χ1) is 9.19. The molecule has 0 radical (unpaired) electrons. The highest BCUT2D eigenvalue weighted by Gasteiger charge is 2.32. The van der Waals surface area contributed by atoms with Crippen LogP contribution in [0.4, 0.5) is 5.69 Å². The van der Waals surface area contributed by atoms with Gasteiger partial charge in [0.2, 0.25) is 6.41 Å². The Morgan fingerprint density at radius 1 is 1.37 bits per heavy atom. The summed E-state index contributed by atoms with van der Waals surface area (Å²) in [6.45, 7) is 0. The smallest absolute Gasteiger partial charge is 0.211 e. The van der Waals surface area contributed by atoms with Crippen LogP contribution in [-0.4, -0.2) is 36.4 Å². The number of H-pyrrole nitrogens is 1. The highest BCUT2D eigenvalue weighted by Crippen LogP contribution is 2.42. The molecule has 0 saturated heterocycles. The summed E-state index contributed by atoms with van der Waals surface area (Å²) in [5, 5.41) is 3.95. The van der Waals surface area contributed by atoms with E-state index < -0.39 is 0 Å². The van der Waals surface area contributed by atoms with Crippen LogP contribution in [0.15, 0.2) is 24.4 Å². The molecule has 1 fully saturated rings. The Kier molecular flexibility index (Phi) is 3.03. The number of carbonyl (C=O) groups excluding carboxylic acids is 1. The molecule has 4 nitrogen and oxygen atoms in total. The lowest BCUT2D eigenvalue weighted by molar-refractivity contribution is -0.105. The number of benzene rings is 1. The van der Waals surface area contributed by atoms with Crippen LogP contribution in [0.5, 0.6) is 0 Å². The van der Waals surface area contributed by atoms with Crippen LogP contribution >= 0.6 is 0 Å². The molecule has 2 N–H and O–H groups in total. The predicted octanol–water partition coefficient (Wildman–Crippen LogP) is 2.54. The number of hydrogen-bond donors (Lipinski definition) is 2. The highest BCUT2D eigenvalue weighted by molar-refractivity contribution is 5.89. The molecule has 1 saturated carbocycles. The molecule has 1 aromatic heterocycles. The van der Waals surface area contributed by atoms with Gasteiger partial charge in [0, 0.05) is 28.8 Å². The van der Waals surface area contributed by atoms with E-state index in [-0.39, 0.29) is 0 Å². The summed E-state index contributed by atoms with van der Waals surface area (Å²) in [6, 6.07) is 6.69. The summed E-state index contributed by atoms with van der Waals surface area (Å²) in [7, 11) is 4.28. The van der Waals surface area contributed by atoms with Crippen molar-refractivity contribution >= 4 is 23.0 Å². The molecule has 1 amide bonds. The fourth-order valence-electron chi connectivity index (χ4n) is 2.90. The molecule has 1 heterocycles. The van der Waals surface area contributed by atoms with Gasteiger partial charge in [0.15, 0.2) is 0 Å². The Morgan fingerprint density at radius 2 is 2.16 bits per heavy atom. The summed E-state index contributed by atoms with van der Waals surface area (Å²) < 4.78 is 0. The Bertz CT molecular complexity index is 596. The first-order valence-electron chi connectivity index (χ1n) is 6.66. The van der Waals surface area contributed by atoms with Crippen molar-refractivity contribution in [1.29, 1.82) is 0 Å². The second-order valence-electron chi connectivity index (χ2n) is 5.55. The first-order valence-corrected chi connectivity index (χ1v) is 6.66. The third kappa shape index (κ3) is 2.12. The van der Waals surface area contributed by atoms with Crippen molar-refractivity contribution in [2.75, 3.05) is 19.4 Å². The Morgan fingerprint density at radius 3 is 2.84 bits per heavy atom. The van der Waals surface area contributed by atoms with Gasteiger partial charge >= 0.3 is 0 Å². The molecule has 3 rings (SSSR count). The number of aromatic nitrogens is 1. The minimum atomic E-state index is 0.632.